The zero-order valence-corrected chi connectivity index (χ0v) is 32.6. The molecule has 5 heterocycles. The molecule has 4 nitrogen and oxygen atoms in total. The van der Waals surface area contributed by atoms with Crippen molar-refractivity contribution in [2.45, 2.75) is 9.79 Å². The molecule has 0 spiro atoms. The van der Waals surface area contributed by atoms with E-state index in [4.69, 9.17) is 9.97 Å². The van der Waals surface area contributed by atoms with Crippen LogP contribution < -0.4 is 0 Å². The maximum absolute atomic E-state index is 5.48. The van der Waals surface area contributed by atoms with Crippen molar-refractivity contribution in [2.24, 2.45) is 0 Å². The number of hydrogen-bond acceptors (Lipinski definition) is 4. The number of benzene rings is 8. The summed E-state index contributed by atoms with van der Waals surface area (Å²) in [5.74, 6) is 0.641. The molecule has 0 saturated heterocycles. The second kappa shape index (κ2) is 12.3. The normalized spacial score (nSPS) is 12.4. The van der Waals surface area contributed by atoms with E-state index in [1.54, 1.807) is 0 Å². The first-order chi connectivity index (χ1) is 28.7. The van der Waals surface area contributed by atoms with E-state index in [-0.39, 0.29) is 0 Å². The van der Waals surface area contributed by atoms with Crippen LogP contribution in [0.4, 0.5) is 0 Å². The van der Waals surface area contributed by atoms with Gasteiger partial charge in [0.05, 0.1) is 28.1 Å². The van der Waals surface area contributed by atoms with Gasteiger partial charge in [-0.15, -0.1) is 11.3 Å². The minimum Gasteiger partial charge on any atom is -0.293 e. The average molecular weight is 775 g/mol. The van der Waals surface area contributed by atoms with Crippen molar-refractivity contribution in [3.63, 3.8) is 0 Å². The summed E-state index contributed by atoms with van der Waals surface area (Å²) >= 11 is 3.70. The maximum atomic E-state index is 5.48. The number of para-hydroxylation sites is 3. The highest BCUT2D eigenvalue weighted by Crippen LogP contribution is 2.49. The molecule has 6 heteroatoms. The van der Waals surface area contributed by atoms with Crippen LogP contribution in [0.3, 0.4) is 0 Å². The van der Waals surface area contributed by atoms with E-state index < -0.39 is 0 Å². The van der Waals surface area contributed by atoms with Crippen LogP contribution in [0.25, 0.3) is 109 Å². The number of aromatic nitrogens is 4. The number of fused-ring (bicyclic) bond motifs is 11. The molecular weight excluding hydrogens is 745 g/mol. The highest BCUT2D eigenvalue weighted by atomic mass is 32.2. The summed E-state index contributed by atoms with van der Waals surface area (Å²) in [7, 11) is 0. The van der Waals surface area contributed by atoms with Crippen molar-refractivity contribution in [2.75, 3.05) is 0 Å². The molecule has 0 bridgehead atoms. The van der Waals surface area contributed by atoms with E-state index in [0.29, 0.717) is 5.95 Å². The van der Waals surface area contributed by atoms with Crippen molar-refractivity contribution in [3.05, 3.63) is 182 Å². The predicted octanol–water partition coefficient (Wildman–Crippen LogP) is 14.5. The minimum atomic E-state index is 0.641. The Morgan fingerprint density at radius 1 is 0.414 bits per heavy atom. The molecule has 0 radical (unpaired) electrons. The number of rotatable bonds is 4. The summed E-state index contributed by atoms with van der Waals surface area (Å²) < 4.78 is 7.36. The van der Waals surface area contributed by atoms with Gasteiger partial charge in [0.1, 0.15) is 5.65 Å². The lowest BCUT2D eigenvalue weighted by atomic mass is 10.0. The molecule has 0 aliphatic carbocycles. The molecule has 1 aliphatic heterocycles. The molecule has 0 amide bonds. The van der Waals surface area contributed by atoms with E-state index in [9.17, 15) is 0 Å². The van der Waals surface area contributed by atoms with Crippen molar-refractivity contribution >= 4 is 86.9 Å². The summed E-state index contributed by atoms with van der Waals surface area (Å²) in [6.07, 6.45) is 0. The van der Waals surface area contributed by atoms with Gasteiger partial charge in [0.25, 0.3) is 0 Å². The van der Waals surface area contributed by atoms with Gasteiger partial charge < -0.3 is 0 Å². The Labute approximate surface area is 341 Å². The summed E-state index contributed by atoms with van der Waals surface area (Å²) in [5, 5.41) is 8.65. The van der Waals surface area contributed by atoms with Gasteiger partial charge in [-0.05, 0) is 70.4 Å². The monoisotopic (exact) mass is 774 g/mol. The number of thiophene rings is 1. The van der Waals surface area contributed by atoms with Crippen molar-refractivity contribution in [1.29, 1.82) is 0 Å². The molecule has 8 aromatic carbocycles. The zero-order chi connectivity index (χ0) is 37.9. The number of hydrogen-bond donors (Lipinski definition) is 0. The molecule has 0 fully saturated rings. The maximum Gasteiger partial charge on any atom is 0.236 e. The summed E-state index contributed by atoms with van der Waals surface area (Å²) in [4.78, 5) is 13.4. The van der Waals surface area contributed by atoms with Gasteiger partial charge in [0, 0.05) is 57.2 Å². The highest BCUT2D eigenvalue weighted by molar-refractivity contribution is 7.99. The van der Waals surface area contributed by atoms with Crippen LogP contribution in [-0.2, 0) is 0 Å². The lowest BCUT2D eigenvalue weighted by Crippen LogP contribution is -2.08. The van der Waals surface area contributed by atoms with Crippen LogP contribution in [0.5, 0.6) is 0 Å². The quantitative estimate of drug-likeness (QED) is 0.179. The Morgan fingerprint density at radius 2 is 1.09 bits per heavy atom. The molecular formula is C52H30N4S2. The molecule has 1 aliphatic rings. The third kappa shape index (κ3) is 4.70. The van der Waals surface area contributed by atoms with E-state index >= 15 is 0 Å². The van der Waals surface area contributed by atoms with Gasteiger partial charge >= 0.3 is 0 Å². The second-order valence-electron chi connectivity index (χ2n) is 15.0. The van der Waals surface area contributed by atoms with Crippen LogP contribution >= 0.6 is 23.1 Å². The number of nitrogens with zero attached hydrogens (tertiary/aromatic N) is 4. The fourth-order valence-corrected chi connectivity index (χ4v) is 11.3. The van der Waals surface area contributed by atoms with Gasteiger partial charge in [-0.25, -0.2) is 9.97 Å². The SMILES string of the molecule is c1ccc2c(c1)Sc1cccc3c4c5ccccc5n(-c5nc(-c6ccc(-c7ccc8c(c7)sc7ccccc78)cc6)cc(-c6ccc7ccccc7c6)n5)c4n-2c13. The molecule has 0 atom stereocenters. The van der Waals surface area contributed by atoms with Gasteiger partial charge in [-0.1, -0.05) is 145 Å². The average Bonchev–Trinajstić information content (AvgIpc) is 3.94. The fourth-order valence-electron chi connectivity index (χ4n) is 9.05. The molecule has 270 valence electrons. The first kappa shape index (κ1) is 32.1. The van der Waals surface area contributed by atoms with Gasteiger partial charge in [0.2, 0.25) is 5.95 Å². The fraction of sp³-hybridized carbons (Fsp3) is 0. The smallest absolute Gasteiger partial charge is 0.236 e. The van der Waals surface area contributed by atoms with E-state index in [0.717, 1.165) is 33.7 Å². The molecule has 0 saturated carbocycles. The first-order valence-electron chi connectivity index (χ1n) is 19.5. The third-order valence-electron chi connectivity index (χ3n) is 11.7. The Hall–Kier alpha value is -6.99. The van der Waals surface area contributed by atoms with Gasteiger partial charge in [-0.3, -0.25) is 9.13 Å². The van der Waals surface area contributed by atoms with Crippen LogP contribution in [0, 0.1) is 0 Å². The van der Waals surface area contributed by atoms with Crippen LogP contribution in [-0.4, -0.2) is 19.1 Å². The second-order valence-corrected chi connectivity index (χ2v) is 17.2. The third-order valence-corrected chi connectivity index (χ3v) is 14.0. The summed E-state index contributed by atoms with van der Waals surface area (Å²) in [6, 6.07) is 65.8. The standard InChI is InChI=1S/C52H30N4S2/c1-2-11-34-28-36(25-22-31(34)10-1)42-30-41(33-23-20-32(21-24-33)35-26-27-38-37-12-4-7-17-45(37)57-48(38)29-35)53-52(54-42)56-43-15-5-3-13-39(43)49-40-14-9-19-47-50(40)55(51(49)56)44-16-6-8-18-46(44)58-47/h1-30H. The lowest BCUT2D eigenvalue weighted by Gasteiger charge is -2.20. The van der Waals surface area contributed by atoms with Gasteiger partial charge in [0.15, 0.2) is 0 Å². The van der Waals surface area contributed by atoms with Crippen molar-refractivity contribution < 1.29 is 0 Å². The van der Waals surface area contributed by atoms with E-state index in [2.05, 4.69) is 191 Å². The zero-order valence-electron chi connectivity index (χ0n) is 30.9. The van der Waals surface area contributed by atoms with Crippen LogP contribution in [0.2, 0.25) is 0 Å². The van der Waals surface area contributed by atoms with Crippen molar-refractivity contribution in [3.8, 4) is 45.3 Å². The summed E-state index contributed by atoms with van der Waals surface area (Å²) in [5.41, 5.74) is 10.8. The lowest BCUT2D eigenvalue weighted by molar-refractivity contribution is 0.953. The molecule has 0 N–H and O–H groups in total. The Morgan fingerprint density at radius 3 is 2.00 bits per heavy atom. The Bertz CT molecular complexity index is 3660. The molecule has 58 heavy (non-hydrogen) atoms. The summed E-state index contributed by atoms with van der Waals surface area (Å²) in [6.45, 7) is 0. The van der Waals surface area contributed by atoms with Gasteiger partial charge in [-0.2, -0.15) is 0 Å². The van der Waals surface area contributed by atoms with E-state index in [1.807, 2.05) is 23.1 Å². The largest absolute Gasteiger partial charge is 0.293 e. The molecule has 4 aromatic heterocycles. The topological polar surface area (TPSA) is 35.6 Å². The van der Waals surface area contributed by atoms with Crippen molar-refractivity contribution in [1.82, 2.24) is 19.1 Å². The molecule has 13 rings (SSSR count). The van der Waals surface area contributed by atoms with Crippen LogP contribution in [0.15, 0.2) is 192 Å². The highest BCUT2D eigenvalue weighted by Gasteiger charge is 2.28. The molecule has 12 aromatic rings. The molecule has 0 unspecified atom stereocenters. The Kier molecular flexibility index (Phi) is 6.79. The van der Waals surface area contributed by atoms with E-state index in [1.165, 1.54) is 79.2 Å². The predicted molar refractivity (Wildman–Crippen MR) is 244 cm³/mol. The Balaban J connectivity index is 1.04. The minimum absolute atomic E-state index is 0.641. The van der Waals surface area contributed by atoms with Crippen LogP contribution in [0.1, 0.15) is 0 Å². The first-order valence-corrected chi connectivity index (χ1v) is 21.1.